The van der Waals surface area contributed by atoms with Crippen LogP contribution in [0.15, 0.2) is 41.2 Å². The number of halogens is 1. The molecule has 1 aromatic heterocycles. The molecule has 0 amide bonds. The predicted octanol–water partition coefficient (Wildman–Crippen LogP) is 4.06. The lowest BCUT2D eigenvalue weighted by atomic mass is 9.98. The van der Waals surface area contributed by atoms with Gasteiger partial charge in [0.05, 0.1) is 32.5 Å². The fourth-order valence-corrected chi connectivity index (χ4v) is 3.26. The Balaban J connectivity index is 2.00. The van der Waals surface area contributed by atoms with Gasteiger partial charge in [-0.2, -0.15) is 0 Å². The molecule has 0 saturated heterocycles. The van der Waals surface area contributed by atoms with E-state index in [1.54, 1.807) is 29.8 Å². The molecule has 1 heterocycles. The third-order valence-corrected chi connectivity index (χ3v) is 4.61. The molecule has 0 radical (unpaired) electrons. The van der Waals surface area contributed by atoms with Crippen molar-refractivity contribution in [2.45, 2.75) is 6.10 Å². The maximum Gasteiger partial charge on any atom is 0.203 e. The van der Waals surface area contributed by atoms with E-state index < -0.39 is 11.9 Å². The van der Waals surface area contributed by atoms with Crippen molar-refractivity contribution in [3.05, 3.63) is 58.2 Å². The molecule has 0 fully saturated rings. The van der Waals surface area contributed by atoms with Crippen molar-refractivity contribution in [1.29, 1.82) is 0 Å². The van der Waals surface area contributed by atoms with Gasteiger partial charge in [0.1, 0.15) is 11.9 Å². The normalized spacial score (nSPS) is 11.9. The molecule has 0 aliphatic carbocycles. The first-order valence-corrected chi connectivity index (χ1v) is 8.69. The number of ether oxygens (including phenoxy) is 3. The second-order valence-corrected chi connectivity index (χ2v) is 6.19. The summed E-state index contributed by atoms with van der Waals surface area (Å²) in [5.74, 6) is 0.669. The fourth-order valence-electron chi connectivity index (χ4n) is 2.70. The average molecular weight is 375 g/mol. The van der Waals surface area contributed by atoms with Crippen LogP contribution in [0.5, 0.6) is 17.2 Å². The van der Waals surface area contributed by atoms with Crippen LogP contribution in [0.25, 0.3) is 11.3 Å². The van der Waals surface area contributed by atoms with Gasteiger partial charge in [-0.25, -0.2) is 9.37 Å². The van der Waals surface area contributed by atoms with Crippen LogP contribution in [0.4, 0.5) is 4.39 Å². The summed E-state index contributed by atoms with van der Waals surface area (Å²) < 4.78 is 30.5. The number of methoxy groups -OCH3 is 3. The molecule has 3 aromatic rings. The first kappa shape index (κ1) is 18.2. The van der Waals surface area contributed by atoms with Crippen molar-refractivity contribution in [2.24, 2.45) is 0 Å². The maximum absolute atomic E-state index is 14.6. The zero-order valence-electron chi connectivity index (χ0n) is 14.5. The van der Waals surface area contributed by atoms with Gasteiger partial charge < -0.3 is 19.3 Å². The van der Waals surface area contributed by atoms with E-state index in [0.29, 0.717) is 34.1 Å². The van der Waals surface area contributed by atoms with Crippen LogP contribution in [0.2, 0.25) is 0 Å². The lowest BCUT2D eigenvalue weighted by Crippen LogP contribution is -2.05. The van der Waals surface area contributed by atoms with Crippen molar-refractivity contribution in [2.75, 3.05) is 21.3 Å². The van der Waals surface area contributed by atoms with Gasteiger partial charge >= 0.3 is 0 Å². The molecular formula is C19H18FNO4S. The number of hydrogen-bond donors (Lipinski definition) is 1. The van der Waals surface area contributed by atoms with Crippen molar-refractivity contribution >= 4 is 11.3 Å². The van der Waals surface area contributed by atoms with Crippen LogP contribution < -0.4 is 14.2 Å². The van der Waals surface area contributed by atoms with Gasteiger partial charge in [-0.3, -0.25) is 0 Å². The Kier molecular flexibility index (Phi) is 5.39. The van der Waals surface area contributed by atoms with Gasteiger partial charge in [0, 0.05) is 16.5 Å². The van der Waals surface area contributed by atoms with E-state index in [9.17, 15) is 9.50 Å². The fraction of sp³-hybridized carbons (Fsp3) is 0.211. The van der Waals surface area contributed by atoms with Crippen molar-refractivity contribution < 1.29 is 23.7 Å². The lowest BCUT2D eigenvalue weighted by molar-refractivity contribution is 0.213. The molecule has 2 aromatic carbocycles. The largest absolute Gasteiger partial charge is 0.493 e. The van der Waals surface area contributed by atoms with Gasteiger partial charge in [-0.1, -0.05) is 12.1 Å². The molecule has 136 valence electrons. The van der Waals surface area contributed by atoms with Crippen LogP contribution in [-0.2, 0) is 0 Å². The second kappa shape index (κ2) is 7.72. The molecule has 0 spiro atoms. The number of aromatic nitrogens is 1. The standard InChI is InChI=1S/C19H18FNO4S/c1-23-16-7-12(8-17(24-2)19(16)25-3)18(22)13-5-4-11(6-14(13)20)15-9-26-10-21-15/h4-10,18,22H,1-3H3. The van der Waals surface area contributed by atoms with E-state index in [0.717, 1.165) is 0 Å². The first-order valence-electron chi connectivity index (χ1n) is 7.75. The van der Waals surface area contributed by atoms with E-state index in [1.165, 1.54) is 38.7 Å². The van der Waals surface area contributed by atoms with Gasteiger partial charge in [-0.05, 0) is 23.8 Å². The minimum atomic E-state index is -1.19. The highest BCUT2D eigenvalue weighted by molar-refractivity contribution is 7.07. The van der Waals surface area contributed by atoms with Crippen molar-refractivity contribution in [3.63, 3.8) is 0 Å². The Morgan fingerprint density at radius 3 is 2.23 bits per heavy atom. The highest BCUT2D eigenvalue weighted by atomic mass is 32.1. The first-order chi connectivity index (χ1) is 12.6. The maximum atomic E-state index is 14.6. The number of aliphatic hydroxyl groups excluding tert-OH is 1. The molecule has 1 N–H and O–H groups in total. The van der Waals surface area contributed by atoms with E-state index in [1.807, 2.05) is 5.38 Å². The minimum absolute atomic E-state index is 0.151. The quantitative estimate of drug-likeness (QED) is 0.704. The Morgan fingerprint density at radius 2 is 1.73 bits per heavy atom. The van der Waals surface area contributed by atoms with E-state index in [-0.39, 0.29) is 5.56 Å². The monoisotopic (exact) mass is 375 g/mol. The molecule has 26 heavy (non-hydrogen) atoms. The van der Waals surface area contributed by atoms with Crippen LogP contribution in [0.1, 0.15) is 17.2 Å². The van der Waals surface area contributed by atoms with Crippen LogP contribution >= 0.6 is 11.3 Å². The second-order valence-electron chi connectivity index (χ2n) is 5.47. The summed E-state index contributed by atoms with van der Waals surface area (Å²) in [5.41, 5.74) is 3.62. The summed E-state index contributed by atoms with van der Waals surface area (Å²) in [7, 11) is 4.46. The van der Waals surface area contributed by atoms with Gasteiger partial charge in [0.2, 0.25) is 5.75 Å². The molecule has 7 heteroatoms. The zero-order chi connectivity index (χ0) is 18.7. The minimum Gasteiger partial charge on any atom is -0.493 e. The molecule has 3 rings (SSSR count). The summed E-state index contributed by atoms with van der Waals surface area (Å²) in [6.07, 6.45) is -1.19. The Morgan fingerprint density at radius 1 is 1.04 bits per heavy atom. The number of hydrogen-bond acceptors (Lipinski definition) is 6. The topological polar surface area (TPSA) is 60.8 Å². The summed E-state index contributed by atoms with van der Waals surface area (Å²) in [5, 5.41) is 12.5. The molecule has 0 aliphatic heterocycles. The van der Waals surface area contributed by atoms with E-state index in [2.05, 4.69) is 4.98 Å². The Hall–Kier alpha value is -2.64. The number of aliphatic hydroxyl groups is 1. The summed E-state index contributed by atoms with van der Waals surface area (Å²) in [4.78, 5) is 4.17. The molecule has 0 aliphatic rings. The van der Waals surface area contributed by atoms with Crippen LogP contribution in [0, 0.1) is 5.82 Å². The van der Waals surface area contributed by atoms with Crippen molar-refractivity contribution in [3.8, 4) is 28.5 Å². The summed E-state index contributed by atoms with van der Waals surface area (Å²) in [6.45, 7) is 0. The van der Waals surface area contributed by atoms with Crippen molar-refractivity contribution in [1.82, 2.24) is 4.98 Å². The van der Waals surface area contributed by atoms with E-state index >= 15 is 0 Å². The van der Waals surface area contributed by atoms with E-state index in [4.69, 9.17) is 14.2 Å². The molecule has 1 atom stereocenters. The number of rotatable bonds is 6. The summed E-state index contributed by atoms with van der Waals surface area (Å²) >= 11 is 1.44. The predicted molar refractivity (Wildman–Crippen MR) is 97.7 cm³/mol. The zero-order valence-corrected chi connectivity index (χ0v) is 15.3. The smallest absolute Gasteiger partial charge is 0.203 e. The summed E-state index contributed by atoms with van der Waals surface area (Å²) in [6, 6.07) is 7.84. The number of nitrogens with zero attached hydrogens (tertiary/aromatic N) is 1. The Labute approximate surface area is 154 Å². The molecular weight excluding hydrogens is 357 g/mol. The van der Waals surface area contributed by atoms with Crippen LogP contribution in [-0.4, -0.2) is 31.4 Å². The SMILES string of the molecule is COc1cc(C(O)c2ccc(-c3cscn3)cc2F)cc(OC)c1OC. The van der Waals surface area contributed by atoms with Crippen LogP contribution in [0.3, 0.4) is 0 Å². The Bertz CT molecular complexity index is 874. The molecule has 0 saturated carbocycles. The molecule has 5 nitrogen and oxygen atoms in total. The third-order valence-electron chi connectivity index (χ3n) is 4.03. The van der Waals surface area contributed by atoms with Gasteiger partial charge in [0.25, 0.3) is 0 Å². The molecule has 0 bridgehead atoms. The van der Waals surface area contributed by atoms with Gasteiger partial charge in [0.15, 0.2) is 11.5 Å². The molecule has 1 unspecified atom stereocenters. The lowest BCUT2D eigenvalue weighted by Gasteiger charge is -2.18. The number of thiazole rings is 1. The average Bonchev–Trinajstić information content (AvgIpc) is 3.20. The number of benzene rings is 2. The highest BCUT2D eigenvalue weighted by Gasteiger charge is 2.21. The highest BCUT2D eigenvalue weighted by Crippen LogP contribution is 2.41. The third kappa shape index (κ3) is 3.36. The van der Waals surface area contributed by atoms with Gasteiger partial charge in [-0.15, -0.1) is 11.3 Å².